The summed E-state index contributed by atoms with van der Waals surface area (Å²) in [5.41, 5.74) is 7.71. The summed E-state index contributed by atoms with van der Waals surface area (Å²) in [7, 11) is 0. The van der Waals surface area contributed by atoms with Gasteiger partial charge in [-0.1, -0.05) is 110 Å². The molecular formula is C25H46N2. The summed E-state index contributed by atoms with van der Waals surface area (Å²) in [5, 5.41) is 3.47. The lowest BCUT2D eigenvalue weighted by Crippen LogP contribution is -2.01. The number of benzene rings is 1. The minimum absolute atomic E-state index is 0.832. The van der Waals surface area contributed by atoms with Gasteiger partial charge in [0.05, 0.1) is 0 Å². The van der Waals surface area contributed by atoms with E-state index in [0.717, 1.165) is 12.2 Å². The Bertz CT molecular complexity index is 413. The average Bonchev–Trinajstić information content (AvgIpc) is 2.68. The number of hydrogen-bond acceptors (Lipinski definition) is 2. The molecule has 0 saturated heterocycles. The average molecular weight is 375 g/mol. The van der Waals surface area contributed by atoms with Crippen LogP contribution in [0.5, 0.6) is 0 Å². The van der Waals surface area contributed by atoms with Gasteiger partial charge < -0.3 is 11.1 Å². The zero-order chi connectivity index (χ0) is 19.4. The zero-order valence-corrected chi connectivity index (χ0v) is 18.1. The van der Waals surface area contributed by atoms with Gasteiger partial charge in [-0.3, -0.25) is 0 Å². The van der Waals surface area contributed by atoms with Crippen LogP contribution in [0, 0.1) is 0 Å². The van der Waals surface area contributed by atoms with Gasteiger partial charge in [0.2, 0.25) is 0 Å². The second-order valence-corrected chi connectivity index (χ2v) is 8.21. The minimum atomic E-state index is 0.832. The Labute approximate surface area is 169 Å². The molecule has 156 valence electrons. The van der Waals surface area contributed by atoms with Gasteiger partial charge >= 0.3 is 0 Å². The topological polar surface area (TPSA) is 38.0 Å². The molecule has 0 aromatic heterocycles. The molecule has 0 unspecified atom stereocenters. The number of hydrogen-bond donors (Lipinski definition) is 2. The number of nitrogens with one attached hydrogen (secondary N) is 1. The van der Waals surface area contributed by atoms with E-state index in [1.54, 1.807) is 0 Å². The van der Waals surface area contributed by atoms with Gasteiger partial charge in [0.25, 0.3) is 0 Å². The third kappa shape index (κ3) is 15.6. The summed E-state index contributed by atoms with van der Waals surface area (Å²) in [6, 6.07) is 8.03. The Kier molecular flexibility index (Phi) is 16.1. The lowest BCUT2D eigenvalue weighted by Gasteiger charge is -2.06. The summed E-state index contributed by atoms with van der Waals surface area (Å²) >= 11 is 0. The van der Waals surface area contributed by atoms with Gasteiger partial charge in [-0.25, -0.2) is 0 Å². The summed E-state index contributed by atoms with van der Waals surface area (Å²) in [5.74, 6) is 0. The van der Waals surface area contributed by atoms with Crippen molar-refractivity contribution in [1.29, 1.82) is 0 Å². The van der Waals surface area contributed by atoms with Crippen LogP contribution in [0.1, 0.15) is 116 Å². The molecule has 1 aromatic carbocycles. The van der Waals surface area contributed by atoms with E-state index in [1.165, 1.54) is 115 Å². The second-order valence-electron chi connectivity index (χ2n) is 8.21. The van der Waals surface area contributed by atoms with Crippen molar-refractivity contribution in [2.45, 2.75) is 116 Å². The van der Waals surface area contributed by atoms with E-state index >= 15 is 0 Å². The zero-order valence-electron chi connectivity index (χ0n) is 18.1. The molecule has 0 spiro atoms. The first-order valence-corrected chi connectivity index (χ1v) is 11.9. The van der Waals surface area contributed by atoms with Crippen LogP contribution in [-0.2, 0) is 0 Å². The normalized spacial score (nSPS) is 11.0. The fraction of sp³-hybridized carbons (Fsp3) is 0.760. The highest BCUT2D eigenvalue weighted by Crippen LogP contribution is 2.14. The highest BCUT2D eigenvalue weighted by atomic mass is 14.9. The predicted octanol–water partition coefficient (Wildman–Crippen LogP) is 8.33. The Morgan fingerprint density at radius 3 is 1.33 bits per heavy atom. The van der Waals surface area contributed by atoms with E-state index in [1.807, 2.05) is 12.1 Å². The maximum Gasteiger partial charge on any atom is 0.0341 e. The van der Waals surface area contributed by atoms with Gasteiger partial charge in [0.1, 0.15) is 0 Å². The number of unbranched alkanes of at least 4 members (excludes halogenated alkanes) is 16. The van der Waals surface area contributed by atoms with E-state index in [0.29, 0.717) is 0 Å². The van der Waals surface area contributed by atoms with E-state index in [-0.39, 0.29) is 0 Å². The van der Waals surface area contributed by atoms with Crippen LogP contribution in [-0.4, -0.2) is 6.54 Å². The Morgan fingerprint density at radius 1 is 0.556 bits per heavy atom. The number of nitrogen functional groups attached to an aromatic ring is 1. The summed E-state index contributed by atoms with van der Waals surface area (Å²) in [4.78, 5) is 0. The van der Waals surface area contributed by atoms with Crippen LogP contribution in [0.2, 0.25) is 0 Å². The molecule has 1 rings (SSSR count). The van der Waals surface area contributed by atoms with Crippen LogP contribution in [0.15, 0.2) is 24.3 Å². The van der Waals surface area contributed by atoms with Crippen LogP contribution < -0.4 is 11.1 Å². The monoisotopic (exact) mass is 374 g/mol. The Balaban J connectivity index is 1.71. The summed E-state index contributed by atoms with van der Waals surface area (Å²) in [6.45, 7) is 3.37. The van der Waals surface area contributed by atoms with Gasteiger partial charge in [0, 0.05) is 17.9 Å². The summed E-state index contributed by atoms with van der Waals surface area (Å²) < 4.78 is 0. The van der Waals surface area contributed by atoms with E-state index in [2.05, 4.69) is 24.4 Å². The fourth-order valence-electron chi connectivity index (χ4n) is 3.68. The van der Waals surface area contributed by atoms with Crippen LogP contribution in [0.25, 0.3) is 0 Å². The molecule has 27 heavy (non-hydrogen) atoms. The maximum atomic E-state index is 5.70. The van der Waals surface area contributed by atoms with Crippen LogP contribution in [0.4, 0.5) is 11.4 Å². The van der Waals surface area contributed by atoms with Crippen molar-refractivity contribution in [1.82, 2.24) is 0 Å². The van der Waals surface area contributed by atoms with Crippen molar-refractivity contribution in [2.75, 3.05) is 17.6 Å². The number of nitrogens with two attached hydrogens (primary N) is 1. The molecule has 2 nitrogen and oxygen atoms in total. The van der Waals surface area contributed by atoms with Gasteiger partial charge in [-0.05, 0) is 30.7 Å². The second kappa shape index (κ2) is 18.2. The molecule has 0 aliphatic rings. The van der Waals surface area contributed by atoms with Crippen molar-refractivity contribution in [3.8, 4) is 0 Å². The third-order valence-corrected chi connectivity index (χ3v) is 5.52. The summed E-state index contributed by atoms with van der Waals surface area (Å²) in [6.07, 6.45) is 24.3. The standard InChI is InChI=1S/C25H46N2/c1-2-3-4-5-6-7-8-9-10-11-12-13-14-15-16-17-18-23-27-25-21-19-24(26)20-22-25/h19-22,27H,2-18,23,26H2,1H3. The molecule has 0 fully saturated rings. The van der Waals surface area contributed by atoms with Crippen LogP contribution >= 0.6 is 0 Å². The maximum absolute atomic E-state index is 5.70. The Morgan fingerprint density at radius 2 is 0.926 bits per heavy atom. The number of anilines is 2. The fourth-order valence-corrected chi connectivity index (χ4v) is 3.68. The minimum Gasteiger partial charge on any atom is -0.399 e. The molecule has 0 bridgehead atoms. The molecule has 2 heteroatoms. The molecule has 0 aliphatic carbocycles. The Hall–Kier alpha value is -1.18. The first-order valence-electron chi connectivity index (χ1n) is 11.9. The largest absolute Gasteiger partial charge is 0.399 e. The molecule has 0 amide bonds. The molecule has 1 aromatic rings. The lowest BCUT2D eigenvalue weighted by molar-refractivity contribution is 0.528. The molecule has 3 N–H and O–H groups in total. The van der Waals surface area contributed by atoms with Gasteiger partial charge in [0.15, 0.2) is 0 Å². The first kappa shape index (κ1) is 23.9. The molecule has 0 saturated carbocycles. The first-order chi connectivity index (χ1) is 13.3. The van der Waals surface area contributed by atoms with Gasteiger partial charge in [-0.15, -0.1) is 0 Å². The highest BCUT2D eigenvalue weighted by Gasteiger charge is 1.95. The predicted molar refractivity (Wildman–Crippen MR) is 124 cm³/mol. The van der Waals surface area contributed by atoms with Crippen molar-refractivity contribution < 1.29 is 0 Å². The highest BCUT2D eigenvalue weighted by molar-refractivity contribution is 5.51. The third-order valence-electron chi connectivity index (χ3n) is 5.52. The van der Waals surface area contributed by atoms with E-state index in [9.17, 15) is 0 Å². The van der Waals surface area contributed by atoms with Crippen molar-refractivity contribution in [2.24, 2.45) is 0 Å². The SMILES string of the molecule is CCCCCCCCCCCCCCCCCCCNc1ccc(N)cc1. The van der Waals surface area contributed by atoms with Crippen molar-refractivity contribution >= 4 is 11.4 Å². The van der Waals surface area contributed by atoms with Gasteiger partial charge in [-0.2, -0.15) is 0 Å². The van der Waals surface area contributed by atoms with Crippen molar-refractivity contribution in [3.63, 3.8) is 0 Å². The molecule has 0 aliphatic heterocycles. The lowest BCUT2D eigenvalue weighted by atomic mass is 10.0. The smallest absolute Gasteiger partial charge is 0.0341 e. The van der Waals surface area contributed by atoms with Crippen molar-refractivity contribution in [3.05, 3.63) is 24.3 Å². The molecular weight excluding hydrogens is 328 g/mol. The number of rotatable bonds is 19. The molecule has 0 atom stereocenters. The quantitative estimate of drug-likeness (QED) is 0.189. The van der Waals surface area contributed by atoms with E-state index in [4.69, 9.17) is 5.73 Å². The molecule has 0 radical (unpaired) electrons. The van der Waals surface area contributed by atoms with E-state index < -0.39 is 0 Å². The van der Waals surface area contributed by atoms with Crippen LogP contribution in [0.3, 0.4) is 0 Å². The molecule has 0 heterocycles.